The Labute approximate surface area is 600 Å². The van der Waals surface area contributed by atoms with Gasteiger partial charge in [-0.15, -0.1) is 69.7 Å². The molecule has 4 fully saturated rings. The highest BCUT2D eigenvalue weighted by molar-refractivity contribution is 8.20. The number of β-lactam (4-membered cyclic amide) rings is 2. The number of oxime groups is 2. The third kappa shape index (κ3) is 17.6. The van der Waals surface area contributed by atoms with Crippen molar-refractivity contribution in [2.45, 2.75) is 84.5 Å². The first-order valence-electron chi connectivity index (χ1n) is 29.0. The van der Waals surface area contributed by atoms with Crippen LogP contribution >= 0.6 is 92.9 Å². The Morgan fingerprint density at radius 3 is 1.41 bits per heavy atom. The van der Waals surface area contributed by atoms with Gasteiger partial charge in [0.25, 0.3) is 17.6 Å². The fraction of sp³-hybridized carbons (Fsp3) is 0.421. The van der Waals surface area contributed by atoms with E-state index >= 15 is 0 Å². The van der Waals surface area contributed by atoms with Crippen LogP contribution in [-0.4, -0.2) is 216 Å². The number of phenols is 4. The fourth-order valence-corrected chi connectivity index (χ4v) is 17.2. The summed E-state index contributed by atoms with van der Waals surface area (Å²) in [6.45, 7) is 8.01. The van der Waals surface area contributed by atoms with Gasteiger partial charge in [-0.2, -0.15) is 5.10 Å². The summed E-state index contributed by atoms with van der Waals surface area (Å²) in [6.07, 6.45) is -0.764. The Bertz CT molecular complexity index is 4100. The molecule has 4 saturated heterocycles. The standard InChI is InChI=1S/C29H33ClN8O11S3.C28H30ClN5O11S3/c1-11(7-33-21(42)18(35-36-26(31)48)12-4-5-15(39)20(41)17(12)30)8-51-29(25(46)47)10-38-22(43)13(23(38)52-29)6-16(40)19(14-9-50-27(32)34-14)37-49-28(2,3)24(44)45;1-11(7-31-21(39)19(37)12-4-5-15(35)20(38)17(12)29)8-47-28(25(43)44)10-34-22(40)13(23(34)48-28)6-16(36)18(14-9-46-26(30)32-14)33-45-27(2,3)24(41)42/h4-5,9,11,13,23,39,41H,6-8,10H2,1-3H3,(H2,32,34)(H,33,42)(H,44,45)(H,46,47)(H3,31,36,48);4-5,9,11,13,23,35,38H,6-8,10H2,1-3H3,(H2,30,32)(H,31,39)(H,41,42)(H,43,44)/b35-18+,37-19-;33-18-/t11-,13+,23+,29+;11-,13+,23+,28+/m00/s1. The number of carbonyl (C=O) groups is 12. The van der Waals surface area contributed by atoms with Crippen molar-refractivity contribution in [3.05, 3.63) is 67.6 Å². The van der Waals surface area contributed by atoms with Gasteiger partial charge in [-0.05, 0) is 75.3 Å². The molecule has 0 unspecified atom stereocenters. The highest BCUT2D eigenvalue weighted by Crippen LogP contribution is 2.57. The summed E-state index contributed by atoms with van der Waals surface area (Å²) < 4.78 is -3.00. The van der Waals surface area contributed by atoms with E-state index in [0.717, 1.165) is 87.9 Å². The number of benzene rings is 2. The van der Waals surface area contributed by atoms with E-state index in [4.69, 9.17) is 50.1 Å². The van der Waals surface area contributed by atoms with Gasteiger partial charge >= 0.3 is 29.9 Å². The maximum Gasteiger partial charge on any atom is 0.350 e. The number of fused-ring (bicyclic) bond motifs is 2. The van der Waals surface area contributed by atoms with Gasteiger partial charge in [0.15, 0.2) is 70.1 Å². The molecule has 0 radical (unpaired) electrons. The molecule has 8 atom stereocenters. The molecule has 6 amide bonds. The number of hydrazone groups is 1. The first-order chi connectivity index (χ1) is 46.7. The van der Waals surface area contributed by atoms with Crippen LogP contribution in [0.1, 0.15) is 81.7 Å². The quantitative estimate of drug-likeness (QED) is 0.00859. The average Bonchev–Trinajstić information content (AvgIpc) is 1.57. The normalized spacial score (nSPS) is 21.0. The number of hydrogen-bond acceptors (Lipinski definition) is 31. The van der Waals surface area contributed by atoms with E-state index < -0.39 is 152 Å². The van der Waals surface area contributed by atoms with Crippen molar-refractivity contribution in [3.63, 3.8) is 0 Å². The van der Waals surface area contributed by atoms with Crippen LogP contribution in [0.25, 0.3) is 0 Å². The molecule has 17 N–H and O–H groups in total. The summed E-state index contributed by atoms with van der Waals surface area (Å²) in [5.41, 5.74) is 13.3. The predicted molar refractivity (Wildman–Crippen MR) is 367 cm³/mol. The van der Waals surface area contributed by atoms with Crippen molar-refractivity contribution in [1.29, 1.82) is 0 Å². The van der Waals surface area contributed by atoms with Gasteiger partial charge in [0.1, 0.15) is 11.4 Å². The highest BCUT2D eigenvalue weighted by Gasteiger charge is 2.64. The number of phenolic OH excluding ortho intramolecular Hbond substituents is 4. The number of aromatic hydroxyl groups is 4. The molecule has 0 bridgehead atoms. The van der Waals surface area contributed by atoms with E-state index in [-0.39, 0.29) is 107 Å². The van der Waals surface area contributed by atoms with Gasteiger partial charge in [0, 0.05) is 42.3 Å². The molecule has 538 valence electrons. The largest absolute Gasteiger partial charge is 0.504 e. The number of thioether (sulfide) groups is 4. The summed E-state index contributed by atoms with van der Waals surface area (Å²) in [6, 6.07) is 3.26. The van der Waals surface area contributed by atoms with Crippen molar-refractivity contribution >= 4 is 191 Å². The summed E-state index contributed by atoms with van der Waals surface area (Å²) in [4.78, 5) is 172. The first kappa shape index (κ1) is 78.5. The Hall–Kier alpha value is -8.87. The maximum atomic E-state index is 13.4. The molecule has 100 heavy (non-hydrogen) atoms. The first-order valence-corrected chi connectivity index (χ1v) is 35.2. The average molecular weight is 1550 g/mol. The number of anilines is 2. The van der Waals surface area contributed by atoms with Crippen LogP contribution in [0.5, 0.6) is 23.0 Å². The number of carboxylic acids is 4. The van der Waals surface area contributed by atoms with Crippen LogP contribution in [-0.2, 0) is 57.6 Å². The number of carboxylic acid groups (broad SMARTS) is 4. The lowest BCUT2D eigenvalue weighted by molar-refractivity contribution is -0.161. The Morgan fingerprint density at radius 1 is 0.650 bits per heavy atom. The number of hydrogen-bond donors (Lipinski definition) is 14. The number of rotatable bonds is 31. The minimum absolute atomic E-state index is 0.0172. The number of Topliss-reactive ketones (excluding diaryl/α,β-unsaturated/α-hetero) is 3. The van der Waals surface area contributed by atoms with Gasteiger partial charge in [0.05, 0.1) is 51.3 Å². The lowest BCUT2D eigenvalue weighted by Gasteiger charge is -2.41. The third-order valence-electron chi connectivity index (χ3n) is 15.0. The monoisotopic (exact) mass is 1540 g/mol. The Balaban J connectivity index is 0.000000282. The molecular formula is C57H63Cl2N13O22S6. The summed E-state index contributed by atoms with van der Waals surface area (Å²) in [7, 11) is 0. The second-order valence-corrected chi connectivity index (χ2v) is 32.0. The Kier molecular flexibility index (Phi) is 24.9. The number of nitrogens with zero attached hydrogens (tertiary/aromatic N) is 7. The lowest BCUT2D eigenvalue weighted by Crippen LogP contribution is -2.57. The molecule has 4 aliphatic heterocycles. The smallest absolute Gasteiger partial charge is 0.350 e. The molecule has 6 heterocycles. The van der Waals surface area contributed by atoms with Crippen LogP contribution in [0.3, 0.4) is 0 Å². The number of nitrogen functional groups attached to an aromatic ring is 2. The van der Waals surface area contributed by atoms with Crippen molar-refractivity contribution in [2.24, 2.45) is 44.8 Å². The zero-order chi connectivity index (χ0) is 74.4. The number of amides is 6. The molecular weight excluding hydrogens is 1480 g/mol. The van der Waals surface area contributed by atoms with Crippen molar-refractivity contribution in [1.82, 2.24) is 35.8 Å². The number of thiazole rings is 2. The summed E-state index contributed by atoms with van der Waals surface area (Å²) in [5, 5.41) is 95.3. The number of aliphatic carboxylic acids is 4. The van der Waals surface area contributed by atoms with Gasteiger partial charge in [-0.25, -0.2) is 39.4 Å². The molecule has 0 aliphatic carbocycles. The number of urea groups is 1. The van der Waals surface area contributed by atoms with E-state index in [9.17, 15) is 98.4 Å². The van der Waals surface area contributed by atoms with Gasteiger partial charge < -0.3 is 88.2 Å². The minimum Gasteiger partial charge on any atom is -0.504 e. The van der Waals surface area contributed by atoms with E-state index in [1.165, 1.54) is 54.3 Å². The molecule has 35 nitrogen and oxygen atoms in total. The summed E-state index contributed by atoms with van der Waals surface area (Å²) in [5.74, 6) is -15.0. The van der Waals surface area contributed by atoms with Crippen LogP contribution < -0.4 is 33.3 Å². The van der Waals surface area contributed by atoms with Crippen LogP contribution in [0.15, 0.2) is 50.4 Å². The number of carbonyl (C=O) groups excluding carboxylic acids is 8. The third-order valence-corrected chi connectivity index (χ3v) is 24.4. The molecule has 2 aromatic carbocycles. The van der Waals surface area contributed by atoms with Gasteiger partial charge in [-0.3, -0.25) is 33.6 Å². The highest BCUT2D eigenvalue weighted by atomic mass is 35.5. The van der Waals surface area contributed by atoms with E-state index in [0.29, 0.717) is 0 Å². The van der Waals surface area contributed by atoms with Crippen molar-refractivity contribution in [2.75, 3.05) is 49.2 Å². The second-order valence-electron chi connectivity index (χ2n) is 23.5. The number of aromatic nitrogens is 2. The van der Waals surface area contributed by atoms with Crippen molar-refractivity contribution in [3.8, 4) is 23.0 Å². The van der Waals surface area contributed by atoms with Gasteiger partial charge in [-0.1, -0.05) is 47.4 Å². The van der Waals surface area contributed by atoms with Crippen LogP contribution in [0.4, 0.5) is 15.1 Å². The molecule has 0 spiro atoms. The SMILES string of the molecule is C[C@@H](CNC(=O)/C(=N/NC(N)=O)c1ccc(O)c(O)c1Cl)CS[C@]1(C(=O)O)CN2C(=O)[C@@H](CC(=O)/C(=N\OC(C)(C)C(=O)O)c3csc(N)n3)[C@H]2S1.C[C@@H](CNC(=O)C(=O)c1ccc(O)c(O)c1Cl)CS[C@]1(C(=O)O)CN2C(=O)[C@@H](CC(=O)/C(=N\OC(C)(C)C(=O)O)c3csc(N)n3)[C@H]2S1. The number of halogens is 2. The zero-order valence-electron chi connectivity index (χ0n) is 52.9. The fourth-order valence-electron chi connectivity index (χ4n) is 9.19. The van der Waals surface area contributed by atoms with Crippen LogP contribution in [0.2, 0.25) is 10.0 Å². The predicted octanol–water partition coefficient (Wildman–Crippen LogP) is 3.22. The number of nitrogens with one attached hydrogen (secondary N) is 3. The number of ketones is 3. The molecule has 4 aromatic rings. The van der Waals surface area contributed by atoms with E-state index in [1.54, 1.807) is 13.8 Å². The van der Waals surface area contributed by atoms with Gasteiger partial charge in [0.2, 0.25) is 23.0 Å². The number of primary amides is 1. The van der Waals surface area contributed by atoms with E-state index in [2.05, 4.69) is 36.0 Å². The molecule has 8 rings (SSSR count). The minimum atomic E-state index is -1.79. The van der Waals surface area contributed by atoms with E-state index in [1.807, 2.05) is 5.43 Å². The zero-order valence-corrected chi connectivity index (χ0v) is 59.4. The molecule has 0 saturated carbocycles. The molecule has 43 heteroatoms. The summed E-state index contributed by atoms with van der Waals surface area (Å²) >= 11 is 18.1. The van der Waals surface area contributed by atoms with Crippen molar-refractivity contribution < 1.29 is 108 Å². The molecule has 2 aromatic heterocycles. The molecule has 4 aliphatic rings. The second kappa shape index (κ2) is 31.8. The number of nitrogens with two attached hydrogens (primary N) is 3. The Morgan fingerprint density at radius 2 is 1.04 bits per heavy atom. The maximum absolute atomic E-state index is 13.4. The van der Waals surface area contributed by atoms with Crippen LogP contribution in [0, 0.1) is 23.7 Å². The lowest BCUT2D eigenvalue weighted by atomic mass is 9.90. The topological polar surface area (TPSA) is 569 Å².